The van der Waals surface area contributed by atoms with Crippen LogP contribution in [0.2, 0.25) is 5.02 Å². The minimum Gasteiger partial charge on any atom is -0.338 e. The first kappa shape index (κ1) is 24.4. The van der Waals surface area contributed by atoms with Crippen molar-refractivity contribution < 1.29 is 12.9 Å². The van der Waals surface area contributed by atoms with Gasteiger partial charge in [0, 0.05) is 17.6 Å². The highest BCUT2D eigenvalue weighted by molar-refractivity contribution is 7.89. The molecule has 0 amide bonds. The quantitative estimate of drug-likeness (QED) is 0.290. The van der Waals surface area contributed by atoms with Crippen molar-refractivity contribution in [2.24, 2.45) is 0 Å². The van der Waals surface area contributed by atoms with Gasteiger partial charge < -0.3 is 4.52 Å². The van der Waals surface area contributed by atoms with E-state index in [-0.39, 0.29) is 22.2 Å². The Hall–Kier alpha value is -3.31. The monoisotopic (exact) mass is 540 g/mol. The van der Waals surface area contributed by atoms with Crippen LogP contribution in [0.15, 0.2) is 80.9 Å². The smallest absolute Gasteiger partial charge is 0.308 e. The lowest BCUT2D eigenvalue weighted by molar-refractivity contribution is 0.337. The zero-order chi connectivity index (χ0) is 25.4. The van der Waals surface area contributed by atoms with Crippen LogP contribution in [-0.2, 0) is 23.1 Å². The predicted molar refractivity (Wildman–Crippen MR) is 140 cm³/mol. The summed E-state index contributed by atoms with van der Waals surface area (Å²) in [5.74, 6) is 0.574. The highest BCUT2D eigenvalue weighted by atomic mass is 35.5. The van der Waals surface area contributed by atoms with Crippen LogP contribution in [0.4, 0.5) is 0 Å². The van der Waals surface area contributed by atoms with Gasteiger partial charge >= 0.3 is 4.87 Å². The van der Waals surface area contributed by atoms with Crippen LogP contribution < -0.4 is 4.87 Å². The molecular weight excluding hydrogens is 520 g/mol. The zero-order valence-corrected chi connectivity index (χ0v) is 21.8. The van der Waals surface area contributed by atoms with E-state index < -0.39 is 10.0 Å². The molecule has 0 aliphatic carbocycles. The van der Waals surface area contributed by atoms with E-state index in [2.05, 4.69) is 10.1 Å². The normalized spacial score (nSPS) is 12.0. The molecule has 0 saturated heterocycles. The average molecular weight is 541 g/mol. The predicted octanol–water partition coefficient (Wildman–Crippen LogP) is 4.94. The second-order valence-electron chi connectivity index (χ2n) is 8.35. The highest BCUT2D eigenvalue weighted by Gasteiger charge is 2.24. The molecule has 0 bridgehead atoms. The lowest BCUT2D eigenvalue weighted by Crippen LogP contribution is -2.26. The van der Waals surface area contributed by atoms with E-state index in [0.717, 1.165) is 32.3 Å². The van der Waals surface area contributed by atoms with Crippen molar-refractivity contribution in [3.8, 4) is 11.4 Å². The fourth-order valence-electron chi connectivity index (χ4n) is 3.81. The second-order valence-corrected chi connectivity index (χ2v) is 11.8. The number of aryl methyl sites for hydroxylation is 1. The van der Waals surface area contributed by atoms with E-state index in [4.69, 9.17) is 16.1 Å². The van der Waals surface area contributed by atoms with Gasteiger partial charge in [-0.2, -0.15) is 9.29 Å². The lowest BCUT2D eigenvalue weighted by atomic mass is 10.1. The molecule has 2 heterocycles. The molecule has 0 atom stereocenters. The van der Waals surface area contributed by atoms with Crippen LogP contribution in [-0.4, -0.2) is 34.5 Å². The Morgan fingerprint density at radius 2 is 1.86 bits per heavy atom. The maximum atomic E-state index is 13.3. The van der Waals surface area contributed by atoms with Crippen molar-refractivity contribution in [1.82, 2.24) is 19.0 Å². The molecule has 5 aromatic rings. The Balaban J connectivity index is 1.38. The first-order valence-corrected chi connectivity index (χ1v) is 13.6. The number of aromatic nitrogens is 3. The fraction of sp³-hybridized carbons (Fsp3) is 0.160. The van der Waals surface area contributed by atoms with Crippen molar-refractivity contribution in [3.63, 3.8) is 0 Å². The van der Waals surface area contributed by atoms with Crippen molar-refractivity contribution >= 4 is 43.2 Å². The van der Waals surface area contributed by atoms with Gasteiger partial charge in [0.15, 0.2) is 0 Å². The summed E-state index contributed by atoms with van der Waals surface area (Å²) in [5.41, 5.74) is 3.43. The molecule has 11 heteroatoms. The summed E-state index contributed by atoms with van der Waals surface area (Å²) < 4.78 is 35.2. The van der Waals surface area contributed by atoms with Gasteiger partial charge in [-0.25, -0.2) is 8.42 Å². The summed E-state index contributed by atoms with van der Waals surface area (Å²) in [4.78, 5) is 16.9. The van der Waals surface area contributed by atoms with Crippen LogP contribution >= 0.6 is 22.9 Å². The van der Waals surface area contributed by atoms with E-state index in [9.17, 15) is 13.2 Å². The van der Waals surface area contributed by atoms with Gasteiger partial charge in [0.2, 0.25) is 21.7 Å². The summed E-state index contributed by atoms with van der Waals surface area (Å²) in [6.45, 7) is 2.24. The van der Waals surface area contributed by atoms with E-state index in [1.54, 1.807) is 22.8 Å². The number of fused-ring (bicyclic) bond motifs is 1. The summed E-state index contributed by atoms with van der Waals surface area (Å²) in [6.07, 6.45) is 0. The second kappa shape index (κ2) is 9.62. The number of rotatable bonds is 7. The lowest BCUT2D eigenvalue weighted by Gasteiger charge is -2.15. The minimum absolute atomic E-state index is 0.0795. The molecule has 0 spiro atoms. The van der Waals surface area contributed by atoms with Gasteiger partial charge in [0.1, 0.15) is 0 Å². The number of hydrogen-bond acceptors (Lipinski definition) is 7. The van der Waals surface area contributed by atoms with E-state index in [1.165, 1.54) is 19.2 Å². The number of sulfonamides is 1. The summed E-state index contributed by atoms with van der Waals surface area (Å²) >= 11 is 6.96. The van der Waals surface area contributed by atoms with Crippen LogP contribution in [0.25, 0.3) is 21.6 Å². The van der Waals surface area contributed by atoms with Gasteiger partial charge in [0.25, 0.3) is 0 Å². The summed E-state index contributed by atoms with van der Waals surface area (Å²) in [6, 6.07) is 19.6. The Labute approximate surface area is 216 Å². The molecule has 8 nitrogen and oxygen atoms in total. The number of thiazole rings is 1. The van der Waals surface area contributed by atoms with Crippen LogP contribution in [0.3, 0.4) is 0 Å². The highest BCUT2D eigenvalue weighted by Crippen LogP contribution is 2.25. The van der Waals surface area contributed by atoms with E-state index in [1.807, 2.05) is 43.3 Å². The number of nitrogens with zero attached hydrogens (tertiary/aromatic N) is 4. The van der Waals surface area contributed by atoms with E-state index in [0.29, 0.717) is 27.6 Å². The third-order valence-corrected chi connectivity index (χ3v) is 8.70. The number of halogens is 1. The summed E-state index contributed by atoms with van der Waals surface area (Å²) in [5, 5.41) is 4.59. The fourth-order valence-corrected chi connectivity index (χ4v) is 6.08. The van der Waals surface area contributed by atoms with Crippen molar-refractivity contribution in [1.29, 1.82) is 0 Å². The Morgan fingerprint density at radius 3 is 2.61 bits per heavy atom. The molecule has 0 saturated carbocycles. The molecule has 0 unspecified atom stereocenters. The van der Waals surface area contributed by atoms with Crippen LogP contribution in [0, 0.1) is 6.92 Å². The third kappa shape index (κ3) is 4.85. The maximum absolute atomic E-state index is 13.3. The summed E-state index contributed by atoms with van der Waals surface area (Å²) in [7, 11) is -2.42. The van der Waals surface area contributed by atoms with Crippen LogP contribution in [0.1, 0.15) is 17.0 Å². The van der Waals surface area contributed by atoms with Gasteiger partial charge in [0.05, 0.1) is 28.2 Å². The maximum Gasteiger partial charge on any atom is 0.308 e. The number of hydrogen-bond donors (Lipinski definition) is 0. The first-order valence-electron chi connectivity index (χ1n) is 10.9. The average Bonchev–Trinajstić information content (AvgIpc) is 3.44. The van der Waals surface area contributed by atoms with Gasteiger partial charge in [-0.3, -0.25) is 9.36 Å². The SMILES string of the molecule is Cc1cccc(-c2noc(CN(C)S(=O)(=O)c3ccc4c(c3)sc(=O)n4Cc3ccc(Cl)cc3)n2)c1. The van der Waals surface area contributed by atoms with Gasteiger partial charge in [-0.15, -0.1) is 0 Å². The Bertz CT molecular complexity index is 1720. The Morgan fingerprint density at radius 1 is 1.08 bits per heavy atom. The standard InChI is InChI=1S/C25H21ClN4O4S2/c1-16-4-3-5-18(12-16)24-27-23(34-28-24)15-29(2)36(32,33)20-10-11-21-22(13-20)35-25(31)30(21)14-17-6-8-19(26)9-7-17/h3-13H,14-15H2,1-2H3. The molecule has 184 valence electrons. The molecule has 0 aliphatic heterocycles. The van der Waals surface area contributed by atoms with Crippen molar-refractivity contribution in [3.05, 3.63) is 98.4 Å². The third-order valence-electron chi connectivity index (χ3n) is 5.70. The topological polar surface area (TPSA) is 98.3 Å². The van der Waals surface area contributed by atoms with Crippen molar-refractivity contribution in [2.45, 2.75) is 24.9 Å². The van der Waals surface area contributed by atoms with Gasteiger partial charge in [-0.05, 0) is 48.9 Å². The van der Waals surface area contributed by atoms with E-state index >= 15 is 0 Å². The van der Waals surface area contributed by atoms with Crippen molar-refractivity contribution in [2.75, 3.05) is 7.05 Å². The molecule has 3 aromatic carbocycles. The zero-order valence-electron chi connectivity index (χ0n) is 19.4. The van der Waals surface area contributed by atoms with Gasteiger partial charge in [-0.1, -0.05) is 64.0 Å². The molecular formula is C25H21ClN4O4S2. The largest absolute Gasteiger partial charge is 0.338 e. The molecule has 36 heavy (non-hydrogen) atoms. The molecule has 0 aliphatic rings. The Kier molecular flexibility index (Phi) is 6.52. The van der Waals surface area contributed by atoms with Crippen LogP contribution in [0.5, 0.6) is 0 Å². The molecule has 5 rings (SSSR count). The minimum atomic E-state index is -3.87. The molecule has 0 N–H and O–H groups in total. The first-order chi connectivity index (χ1) is 17.2. The molecule has 0 radical (unpaired) electrons. The molecule has 0 fully saturated rings. The number of benzene rings is 3. The molecule has 2 aromatic heterocycles.